The predicted octanol–water partition coefficient (Wildman–Crippen LogP) is 5.79. The van der Waals surface area contributed by atoms with Gasteiger partial charge < -0.3 is 4.74 Å². The number of fused-ring (bicyclic) bond motifs is 6. The molecule has 3 fully saturated rings. The van der Waals surface area contributed by atoms with Crippen molar-refractivity contribution in [3.8, 4) is 11.3 Å². The Balaban J connectivity index is 1.19. The van der Waals surface area contributed by atoms with Crippen LogP contribution in [0.4, 0.5) is 5.69 Å². The number of rotatable bonds is 6. The van der Waals surface area contributed by atoms with E-state index in [2.05, 4.69) is 0 Å². The van der Waals surface area contributed by atoms with Crippen molar-refractivity contribution in [3.05, 3.63) is 95.6 Å². The molecular weight excluding hydrogens is 516 g/mol. The molecule has 2 aliphatic carbocycles. The number of ether oxygens (including phenoxy) is 1. The van der Waals surface area contributed by atoms with Crippen LogP contribution in [0.15, 0.2) is 78.9 Å². The van der Waals surface area contributed by atoms with E-state index in [9.17, 15) is 19.2 Å². The van der Waals surface area contributed by atoms with Gasteiger partial charge in [0.1, 0.15) is 0 Å². The van der Waals surface area contributed by atoms with Crippen LogP contribution < -0.4 is 4.90 Å². The number of pyridine rings is 1. The molecule has 7 heteroatoms. The first-order chi connectivity index (χ1) is 19.9. The molecule has 3 aliphatic rings. The van der Waals surface area contributed by atoms with Crippen molar-refractivity contribution in [1.29, 1.82) is 0 Å². The van der Waals surface area contributed by atoms with E-state index in [-0.39, 0.29) is 41.6 Å². The number of carbonyl (C=O) groups is 4. The lowest BCUT2D eigenvalue weighted by Crippen LogP contribution is -2.32. The van der Waals surface area contributed by atoms with E-state index in [0.717, 1.165) is 24.8 Å². The number of amides is 2. The second-order valence-corrected chi connectivity index (χ2v) is 11.4. The van der Waals surface area contributed by atoms with E-state index in [1.54, 1.807) is 48.5 Å². The molecule has 0 N–H and O–H groups in total. The molecule has 41 heavy (non-hydrogen) atoms. The van der Waals surface area contributed by atoms with Crippen LogP contribution in [-0.2, 0) is 14.3 Å². The predicted molar refractivity (Wildman–Crippen MR) is 153 cm³/mol. The molecule has 1 saturated heterocycles. The van der Waals surface area contributed by atoms with Crippen molar-refractivity contribution < 1.29 is 23.9 Å². The van der Waals surface area contributed by atoms with Gasteiger partial charge in [0.2, 0.25) is 11.8 Å². The van der Waals surface area contributed by atoms with Crippen molar-refractivity contribution in [3.63, 3.8) is 0 Å². The van der Waals surface area contributed by atoms with E-state index in [4.69, 9.17) is 9.72 Å². The molecule has 0 unspecified atom stereocenters. The molecule has 4 aromatic rings. The molecule has 4 atom stereocenters. The Labute approximate surface area is 237 Å². The molecule has 2 amide bonds. The molecule has 2 saturated carbocycles. The zero-order valence-electron chi connectivity index (χ0n) is 22.6. The average Bonchev–Trinajstić information content (AvgIpc) is 3.69. The molecule has 204 valence electrons. The third kappa shape index (κ3) is 4.24. The van der Waals surface area contributed by atoms with E-state index < -0.39 is 5.97 Å². The number of nitrogens with zero attached hydrogens (tertiary/aromatic N) is 2. The van der Waals surface area contributed by atoms with Gasteiger partial charge in [0, 0.05) is 16.5 Å². The van der Waals surface area contributed by atoms with Crippen molar-refractivity contribution in [2.24, 2.45) is 23.7 Å². The van der Waals surface area contributed by atoms with E-state index in [1.165, 1.54) is 4.90 Å². The van der Waals surface area contributed by atoms with Crippen molar-refractivity contribution in [2.75, 3.05) is 11.5 Å². The summed E-state index contributed by atoms with van der Waals surface area (Å²) in [6, 6.07) is 23.2. The molecule has 2 heterocycles. The number of carbonyl (C=O) groups excluding carboxylic acids is 4. The highest BCUT2D eigenvalue weighted by Gasteiger charge is 2.61. The number of Topliss-reactive ketones (excluding diaryl/α,β-unsaturated/α-hetero) is 1. The summed E-state index contributed by atoms with van der Waals surface area (Å²) in [5, 5.41) is 0.605. The minimum atomic E-state index is -0.630. The number of hydrogen-bond acceptors (Lipinski definition) is 6. The first-order valence-electron chi connectivity index (χ1n) is 14.0. The average molecular weight is 545 g/mol. The molecule has 1 aliphatic heterocycles. The summed E-state index contributed by atoms with van der Waals surface area (Å²) in [7, 11) is 0. The van der Waals surface area contributed by atoms with E-state index in [1.807, 2.05) is 37.3 Å². The lowest BCUT2D eigenvalue weighted by Gasteiger charge is -2.19. The van der Waals surface area contributed by atoms with Crippen LogP contribution in [0.5, 0.6) is 0 Å². The maximum Gasteiger partial charge on any atom is 0.339 e. The van der Waals surface area contributed by atoms with Crippen LogP contribution in [0, 0.1) is 30.6 Å². The molecule has 0 spiro atoms. The standard InChI is InChI=1S/C34H28N2O5/c1-19-9-11-20(12-10-19)29(37)18-41-34(40)26-17-28(35-27-8-3-2-7-25(26)27)21-5-4-6-24(16-21)36-32(38)30-22-13-14-23(15-22)31(30)33(36)39/h2-12,16-17,22-23,30-31H,13-15,18H2,1H3/t22-,23+,30-,31-/m0/s1. The molecule has 0 radical (unpaired) electrons. The normalized spacial score (nSPS) is 22.8. The molecular formula is C34H28N2O5. The van der Waals surface area contributed by atoms with Crippen LogP contribution in [-0.4, -0.2) is 35.2 Å². The fourth-order valence-corrected chi connectivity index (χ4v) is 6.99. The maximum atomic E-state index is 13.4. The number of esters is 1. The fourth-order valence-electron chi connectivity index (χ4n) is 6.99. The van der Waals surface area contributed by atoms with Gasteiger partial charge in [-0.1, -0.05) is 60.2 Å². The van der Waals surface area contributed by atoms with Crippen LogP contribution in [0.25, 0.3) is 22.2 Å². The minimum absolute atomic E-state index is 0.0988. The quantitative estimate of drug-likeness (QED) is 0.173. The van der Waals surface area contributed by atoms with Crippen molar-refractivity contribution >= 4 is 40.2 Å². The van der Waals surface area contributed by atoms with Gasteiger partial charge in [-0.3, -0.25) is 19.3 Å². The number of benzene rings is 3. The number of aromatic nitrogens is 1. The smallest absolute Gasteiger partial charge is 0.339 e. The first kappa shape index (κ1) is 25.3. The minimum Gasteiger partial charge on any atom is -0.454 e. The Bertz CT molecular complexity index is 1720. The topological polar surface area (TPSA) is 93.6 Å². The number of anilines is 1. The van der Waals surface area contributed by atoms with Gasteiger partial charge >= 0.3 is 5.97 Å². The Hall–Kier alpha value is -4.65. The van der Waals surface area contributed by atoms with Crippen LogP contribution >= 0.6 is 0 Å². The van der Waals surface area contributed by atoms with Gasteiger partial charge in [0.15, 0.2) is 12.4 Å². The highest BCUT2D eigenvalue weighted by Crippen LogP contribution is 2.56. The zero-order chi connectivity index (χ0) is 28.2. The van der Waals surface area contributed by atoms with E-state index >= 15 is 0 Å². The van der Waals surface area contributed by atoms with Gasteiger partial charge in [-0.2, -0.15) is 0 Å². The summed E-state index contributed by atoms with van der Waals surface area (Å²) in [6.07, 6.45) is 3.03. The van der Waals surface area contributed by atoms with E-state index in [0.29, 0.717) is 45.2 Å². The summed E-state index contributed by atoms with van der Waals surface area (Å²) in [6.45, 7) is 1.55. The number of imide groups is 1. The lowest BCUT2D eigenvalue weighted by atomic mass is 9.81. The summed E-state index contributed by atoms with van der Waals surface area (Å²) in [5.41, 5.74) is 4.07. The summed E-state index contributed by atoms with van der Waals surface area (Å²) >= 11 is 0. The van der Waals surface area contributed by atoms with Crippen molar-refractivity contribution in [1.82, 2.24) is 4.98 Å². The number of hydrogen-bond donors (Lipinski definition) is 0. The Morgan fingerprint density at radius 1 is 0.878 bits per heavy atom. The number of para-hydroxylation sites is 1. The van der Waals surface area contributed by atoms with Crippen LogP contribution in [0.1, 0.15) is 45.5 Å². The third-order valence-corrected chi connectivity index (χ3v) is 8.97. The SMILES string of the molecule is Cc1ccc(C(=O)COC(=O)c2cc(-c3cccc(N4C(=O)[C@H]5[C@@H]6CC[C@@H](C6)[C@@H]5C4=O)c3)nc3ccccc23)cc1. The lowest BCUT2D eigenvalue weighted by molar-refractivity contribution is -0.123. The number of aryl methyl sites for hydroxylation is 1. The Morgan fingerprint density at radius 3 is 2.32 bits per heavy atom. The third-order valence-electron chi connectivity index (χ3n) is 8.97. The van der Waals surface area contributed by atoms with Gasteiger partial charge in [-0.05, 0) is 62.3 Å². The van der Waals surface area contributed by atoms with Gasteiger partial charge in [-0.25, -0.2) is 9.78 Å². The van der Waals surface area contributed by atoms with Crippen LogP contribution in [0.2, 0.25) is 0 Å². The molecule has 3 aromatic carbocycles. The van der Waals surface area contributed by atoms with Crippen molar-refractivity contribution in [2.45, 2.75) is 26.2 Å². The van der Waals surface area contributed by atoms with Gasteiger partial charge in [0.25, 0.3) is 0 Å². The maximum absolute atomic E-state index is 13.4. The second kappa shape index (κ2) is 9.77. The largest absolute Gasteiger partial charge is 0.454 e. The Kier molecular flexibility index (Phi) is 6.03. The summed E-state index contributed by atoms with van der Waals surface area (Å²) in [4.78, 5) is 58.8. The molecule has 1 aromatic heterocycles. The second-order valence-electron chi connectivity index (χ2n) is 11.4. The Morgan fingerprint density at radius 2 is 1.59 bits per heavy atom. The van der Waals surface area contributed by atoms with Gasteiger partial charge in [-0.15, -0.1) is 0 Å². The zero-order valence-corrected chi connectivity index (χ0v) is 22.6. The molecule has 7 nitrogen and oxygen atoms in total. The summed E-state index contributed by atoms with van der Waals surface area (Å²) < 4.78 is 5.46. The fraction of sp³-hybridized carbons (Fsp3) is 0.265. The molecule has 2 bridgehead atoms. The summed E-state index contributed by atoms with van der Waals surface area (Å²) in [5.74, 6) is -0.902. The highest BCUT2D eigenvalue weighted by atomic mass is 16.5. The number of ketones is 1. The van der Waals surface area contributed by atoms with Crippen LogP contribution in [0.3, 0.4) is 0 Å². The molecule has 7 rings (SSSR count). The van der Waals surface area contributed by atoms with Gasteiger partial charge in [0.05, 0.1) is 34.3 Å². The monoisotopic (exact) mass is 544 g/mol. The first-order valence-corrected chi connectivity index (χ1v) is 14.0. The highest BCUT2D eigenvalue weighted by molar-refractivity contribution is 6.22.